The van der Waals surface area contributed by atoms with E-state index in [1.165, 1.54) is 23.5 Å². The molecule has 37 heavy (non-hydrogen) atoms. The van der Waals surface area contributed by atoms with Gasteiger partial charge < -0.3 is 4.42 Å². The molecule has 0 bridgehead atoms. The first kappa shape index (κ1) is 25.6. The van der Waals surface area contributed by atoms with Crippen molar-refractivity contribution in [1.82, 2.24) is 9.29 Å². The molecule has 0 spiro atoms. The third kappa shape index (κ3) is 5.21. The smallest absolute Gasteiger partial charge is 0.260 e. The van der Waals surface area contributed by atoms with Crippen molar-refractivity contribution in [2.24, 2.45) is 11.8 Å². The van der Waals surface area contributed by atoms with E-state index < -0.39 is 10.0 Å². The number of aromatic nitrogens is 1. The van der Waals surface area contributed by atoms with Crippen LogP contribution < -0.4 is 4.90 Å². The second-order valence-corrected chi connectivity index (χ2v) is 13.1. The molecule has 194 valence electrons. The number of hydrogen-bond acceptors (Lipinski definition) is 6. The van der Waals surface area contributed by atoms with Gasteiger partial charge in [0.05, 0.1) is 27.9 Å². The Kier molecular flexibility index (Phi) is 6.95. The fourth-order valence-electron chi connectivity index (χ4n) is 5.14. The first-order valence-corrected chi connectivity index (χ1v) is 14.7. The Balaban J connectivity index is 1.46. The Labute approximate surface area is 221 Å². The molecule has 1 amide bonds. The minimum Gasteiger partial charge on any atom is -0.467 e. The van der Waals surface area contributed by atoms with Gasteiger partial charge in [-0.15, -0.1) is 0 Å². The summed E-state index contributed by atoms with van der Waals surface area (Å²) >= 11 is 1.46. The molecular formula is C28H31N3O4S2. The Morgan fingerprint density at radius 3 is 2.46 bits per heavy atom. The SMILES string of the molecule is Cc1cc(C)c2sc(N(Cc3ccco3)C(=O)c3ccc(S(=O)(=O)N4CC(C)CC(C)C4)cc3)nc2c1. The van der Waals surface area contributed by atoms with Crippen molar-refractivity contribution in [3.8, 4) is 0 Å². The van der Waals surface area contributed by atoms with Crippen LogP contribution in [0.2, 0.25) is 0 Å². The van der Waals surface area contributed by atoms with Gasteiger partial charge in [0, 0.05) is 18.7 Å². The molecule has 0 radical (unpaired) electrons. The summed E-state index contributed by atoms with van der Waals surface area (Å²) < 4.78 is 34.7. The van der Waals surface area contributed by atoms with Crippen molar-refractivity contribution in [1.29, 1.82) is 0 Å². The largest absolute Gasteiger partial charge is 0.467 e. The van der Waals surface area contributed by atoms with Gasteiger partial charge >= 0.3 is 0 Å². The van der Waals surface area contributed by atoms with Crippen molar-refractivity contribution in [3.63, 3.8) is 0 Å². The van der Waals surface area contributed by atoms with Gasteiger partial charge in [-0.3, -0.25) is 9.69 Å². The summed E-state index contributed by atoms with van der Waals surface area (Å²) in [5.41, 5.74) is 3.46. The van der Waals surface area contributed by atoms with Gasteiger partial charge in [-0.2, -0.15) is 4.31 Å². The van der Waals surface area contributed by atoms with Crippen LogP contribution in [0.4, 0.5) is 5.13 Å². The summed E-state index contributed by atoms with van der Waals surface area (Å²) in [4.78, 5) is 20.3. The number of hydrogen-bond donors (Lipinski definition) is 0. The zero-order valence-electron chi connectivity index (χ0n) is 21.5. The van der Waals surface area contributed by atoms with Crippen LogP contribution in [0.25, 0.3) is 10.2 Å². The minimum atomic E-state index is -3.63. The molecule has 1 saturated heterocycles. The van der Waals surface area contributed by atoms with Crippen molar-refractivity contribution in [2.45, 2.75) is 45.6 Å². The maximum Gasteiger partial charge on any atom is 0.260 e. The molecule has 2 unspecified atom stereocenters. The number of carbonyl (C=O) groups excluding carboxylic acids is 1. The molecule has 0 aliphatic carbocycles. The van der Waals surface area contributed by atoms with Gasteiger partial charge in [0.25, 0.3) is 5.91 Å². The van der Waals surface area contributed by atoms with Crippen LogP contribution in [0.1, 0.15) is 47.5 Å². The number of benzene rings is 2. The molecule has 0 N–H and O–H groups in total. The van der Waals surface area contributed by atoms with E-state index in [1.54, 1.807) is 33.7 Å². The van der Waals surface area contributed by atoms with Crippen LogP contribution in [-0.2, 0) is 16.6 Å². The summed E-state index contributed by atoms with van der Waals surface area (Å²) in [6.07, 6.45) is 2.60. The van der Waals surface area contributed by atoms with Gasteiger partial charge in [-0.05, 0) is 85.7 Å². The first-order valence-electron chi connectivity index (χ1n) is 12.4. The van der Waals surface area contributed by atoms with Crippen LogP contribution in [-0.4, -0.2) is 36.7 Å². The van der Waals surface area contributed by atoms with Crippen LogP contribution in [0.15, 0.2) is 64.1 Å². The van der Waals surface area contributed by atoms with Gasteiger partial charge in [-0.25, -0.2) is 13.4 Å². The number of nitrogens with zero attached hydrogens (tertiary/aromatic N) is 3. The topological polar surface area (TPSA) is 83.7 Å². The highest BCUT2D eigenvalue weighted by atomic mass is 32.2. The summed E-state index contributed by atoms with van der Waals surface area (Å²) in [5.74, 6) is 0.994. The number of sulfonamides is 1. The van der Waals surface area contributed by atoms with Crippen molar-refractivity contribution in [3.05, 3.63) is 77.2 Å². The van der Waals surface area contributed by atoms with E-state index in [1.807, 2.05) is 26.0 Å². The van der Waals surface area contributed by atoms with Crippen molar-refractivity contribution in [2.75, 3.05) is 18.0 Å². The quantitative estimate of drug-likeness (QED) is 0.300. The number of rotatable bonds is 6. The number of amides is 1. The molecule has 0 saturated carbocycles. The molecule has 9 heteroatoms. The monoisotopic (exact) mass is 537 g/mol. The number of anilines is 1. The van der Waals surface area contributed by atoms with Gasteiger partial charge in [0.1, 0.15) is 5.76 Å². The zero-order chi connectivity index (χ0) is 26.3. The van der Waals surface area contributed by atoms with Crippen LogP contribution in [0, 0.1) is 25.7 Å². The Morgan fingerprint density at radius 1 is 1.11 bits per heavy atom. The second kappa shape index (κ2) is 10.0. The average molecular weight is 538 g/mol. The molecule has 1 aliphatic rings. The van der Waals surface area contributed by atoms with Crippen molar-refractivity contribution < 1.29 is 17.6 Å². The fraction of sp³-hybridized carbons (Fsp3) is 0.357. The minimum absolute atomic E-state index is 0.203. The van der Waals surface area contributed by atoms with E-state index >= 15 is 0 Å². The highest BCUT2D eigenvalue weighted by molar-refractivity contribution is 7.89. The summed E-state index contributed by atoms with van der Waals surface area (Å²) in [6.45, 7) is 9.47. The molecule has 2 aromatic heterocycles. The Morgan fingerprint density at radius 2 is 1.81 bits per heavy atom. The van der Waals surface area contributed by atoms with Crippen LogP contribution >= 0.6 is 11.3 Å². The summed E-state index contributed by atoms with van der Waals surface area (Å²) in [6, 6.07) is 14.0. The molecule has 5 rings (SSSR count). The summed E-state index contributed by atoms with van der Waals surface area (Å²) in [7, 11) is -3.63. The maximum absolute atomic E-state index is 13.7. The molecular weight excluding hydrogens is 506 g/mol. The fourth-order valence-corrected chi connectivity index (χ4v) is 7.83. The predicted molar refractivity (Wildman–Crippen MR) is 146 cm³/mol. The molecule has 2 atom stereocenters. The number of carbonyl (C=O) groups is 1. The van der Waals surface area contributed by atoms with E-state index in [0.717, 1.165) is 27.8 Å². The van der Waals surface area contributed by atoms with E-state index in [-0.39, 0.29) is 17.3 Å². The Hall–Kier alpha value is -3.01. The molecule has 1 aliphatic heterocycles. The van der Waals surface area contributed by atoms with Gasteiger partial charge in [0.15, 0.2) is 5.13 Å². The van der Waals surface area contributed by atoms with E-state index in [2.05, 4.69) is 19.9 Å². The molecule has 4 aromatic rings. The number of furan rings is 1. The van der Waals surface area contributed by atoms with E-state index in [9.17, 15) is 13.2 Å². The predicted octanol–water partition coefficient (Wildman–Crippen LogP) is 6.02. The third-order valence-electron chi connectivity index (χ3n) is 6.75. The lowest BCUT2D eigenvalue weighted by Crippen LogP contribution is -2.42. The van der Waals surface area contributed by atoms with E-state index in [4.69, 9.17) is 9.40 Å². The number of fused-ring (bicyclic) bond motifs is 1. The lowest BCUT2D eigenvalue weighted by atomic mass is 9.94. The van der Waals surface area contributed by atoms with Gasteiger partial charge in [-0.1, -0.05) is 31.3 Å². The Bertz CT molecular complexity index is 1520. The third-order valence-corrected chi connectivity index (χ3v) is 9.83. The van der Waals surface area contributed by atoms with Crippen molar-refractivity contribution >= 4 is 42.6 Å². The van der Waals surface area contributed by atoms with Crippen LogP contribution in [0.3, 0.4) is 0 Å². The number of piperidine rings is 1. The number of aryl methyl sites for hydroxylation is 2. The van der Waals surface area contributed by atoms with E-state index in [0.29, 0.717) is 41.4 Å². The van der Waals surface area contributed by atoms with Gasteiger partial charge in [0.2, 0.25) is 10.0 Å². The molecule has 1 fully saturated rings. The maximum atomic E-state index is 13.7. The molecule has 7 nitrogen and oxygen atoms in total. The lowest BCUT2D eigenvalue weighted by molar-refractivity contribution is 0.0983. The average Bonchev–Trinajstić information content (AvgIpc) is 3.51. The molecule has 3 heterocycles. The standard InChI is InChI=1S/C28H31N3O4S2/c1-18-13-21(4)26-25(14-18)29-28(36-26)31(17-23-6-5-11-35-23)27(32)22-7-9-24(10-8-22)37(33,34)30-15-19(2)12-20(3)16-30/h5-11,13-14,19-20H,12,15-17H2,1-4H3. The first-order chi connectivity index (χ1) is 17.6. The second-order valence-electron chi connectivity index (χ2n) is 10.2. The zero-order valence-corrected chi connectivity index (χ0v) is 23.1. The highest BCUT2D eigenvalue weighted by Gasteiger charge is 2.32. The van der Waals surface area contributed by atoms with Crippen LogP contribution in [0.5, 0.6) is 0 Å². The molecule has 2 aromatic carbocycles. The lowest BCUT2D eigenvalue weighted by Gasteiger charge is -2.34. The summed E-state index contributed by atoms with van der Waals surface area (Å²) in [5, 5.41) is 0.568. The number of thiazole rings is 1. The highest BCUT2D eigenvalue weighted by Crippen LogP contribution is 2.34. The normalized spacial score (nSPS) is 18.8.